The topological polar surface area (TPSA) is 65.0 Å². The second-order valence-corrected chi connectivity index (χ2v) is 5.85. The van der Waals surface area contributed by atoms with Gasteiger partial charge in [-0.1, -0.05) is 16.4 Å². The molecule has 0 N–H and O–H groups in total. The normalized spacial score (nSPS) is 11.0. The van der Waals surface area contributed by atoms with Gasteiger partial charge in [0, 0.05) is 6.07 Å². The molecule has 3 rings (SSSR count). The maximum atomic E-state index is 5.21. The van der Waals surface area contributed by atoms with Crippen molar-refractivity contribution in [3.63, 3.8) is 0 Å². The molecule has 19 heavy (non-hydrogen) atoms. The van der Waals surface area contributed by atoms with Crippen LogP contribution in [0.1, 0.15) is 17.3 Å². The molecule has 0 aromatic carbocycles. The van der Waals surface area contributed by atoms with Gasteiger partial charge in [0.2, 0.25) is 11.7 Å². The van der Waals surface area contributed by atoms with Crippen molar-refractivity contribution in [1.29, 1.82) is 0 Å². The van der Waals surface area contributed by atoms with Gasteiger partial charge < -0.3 is 9.05 Å². The first kappa shape index (κ1) is 12.4. The predicted molar refractivity (Wildman–Crippen MR) is 73.9 cm³/mol. The van der Waals surface area contributed by atoms with Crippen molar-refractivity contribution in [2.45, 2.75) is 18.4 Å². The molecule has 0 saturated carbocycles. The number of hydrogen-bond acceptors (Lipinski definition) is 7. The molecule has 98 valence electrons. The van der Waals surface area contributed by atoms with E-state index < -0.39 is 0 Å². The summed E-state index contributed by atoms with van der Waals surface area (Å²) in [4.78, 5) is 5.37. The van der Waals surface area contributed by atoms with Crippen LogP contribution in [0.3, 0.4) is 0 Å². The van der Waals surface area contributed by atoms with E-state index in [1.807, 2.05) is 30.5 Å². The minimum atomic E-state index is 0.629. The molecule has 0 amide bonds. The molecule has 7 heteroatoms. The van der Waals surface area contributed by atoms with Gasteiger partial charge in [-0.25, -0.2) is 0 Å². The lowest BCUT2D eigenvalue weighted by Crippen LogP contribution is -1.82. The third kappa shape index (κ3) is 3.05. The highest BCUT2D eigenvalue weighted by Crippen LogP contribution is 2.23. The highest BCUT2D eigenvalue weighted by atomic mass is 32.2. The fourth-order valence-corrected chi connectivity index (χ4v) is 2.92. The molecule has 0 aliphatic heterocycles. The zero-order chi connectivity index (χ0) is 13.1. The highest BCUT2D eigenvalue weighted by Gasteiger charge is 2.10. The summed E-state index contributed by atoms with van der Waals surface area (Å²) in [6, 6.07) is 5.87. The van der Waals surface area contributed by atoms with Gasteiger partial charge in [-0.05, 0) is 18.4 Å². The molecule has 0 saturated heterocycles. The summed E-state index contributed by atoms with van der Waals surface area (Å²) in [5.41, 5.74) is 0.897. The first-order valence-electron chi connectivity index (χ1n) is 5.67. The van der Waals surface area contributed by atoms with Crippen molar-refractivity contribution >= 4 is 23.1 Å². The van der Waals surface area contributed by atoms with E-state index in [0.717, 1.165) is 22.1 Å². The summed E-state index contributed by atoms with van der Waals surface area (Å²) in [6.07, 6.45) is 0. The van der Waals surface area contributed by atoms with Crippen LogP contribution in [-0.4, -0.2) is 15.3 Å². The summed E-state index contributed by atoms with van der Waals surface area (Å²) in [6.45, 7) is 1.91. The largest absolute Gasteiger partial charge is 0.360 e. The molecule has 0 radical (unpaired) electrons. The van der Waals surface area contributed by atoms with Gasteiger partial charge >= 0.3 is 0 Å². The molecule has 0 bridgehead atoms. The Morgan fingerprint density at radius 2 is 2.21 bits per heavy atom. The van der Waals surface area contributed by atoms with Gasteiger partial charge in [0.05, 0.1) is 22.1 Å². The molecule has 3 heterocycles. The average Bonchev–Trinajstić information content (AvgIpc) is 3.09. The summed E-state index contributed by atoms with van der Waals surface area (Å²) >= 11 is 3.25. The molecular formula is C12H11N3O2S2. The molecule has 0 aliphatic carbocycles. The van der Waals surface area contributed by atoms with E-state index in [1.54, 1.807) is 23.1 Å². The zero-order valence-corrected chi connectivity index (χ0v) is 11.8. The molecule has 0 fully saturated rings. The number of thiophene rings is 1. The molecule has 0 unspecified atom stereocenters. The van der Waals surface area contributed by atoms with E-state index in [9.17, 15) is 0 Å². The smallest absolute Gasteiger partial charge is 0.236 e. The Bertz CT molecular complexity index is 646. The summed E-state index contributed by atoms with van der Waals surface area (Å²) in [7, 11) is 0. The van der Waals surface area contributed by atoms with Crippen molar-refractivity contribution in [3.8, 4) is 10.7 Å². The Morgan fingerprint density at radius 3 is 2.95 bits per heavy atom. The van der Waals surface area contributed by atoms with Gasteiger partial charge in [0.1, 0.15) is 5.76 Å². The SMILES string of the molecule is Cc1cc(CSCc2nc(-c3cccs3)no2)on1. The lowest BCUT2D eigenvalue weighted by atomic mass is 10.4. The van der Waals surface area contributed by atoms with E-state index in [2.05, 4.69) is 15.3 Å². The number of thioether (sulfide) groups is 1. The van der Waals surface area contributed by atoms with Gasteiger partial charge in [-0.3, -0.25) is 0 Å². The summed E-state index contributed by atoms with van der Waals surface area (Å²) < 4.78 is 10.3. The quantitative estimate of drug-likeness (QED) is 0.717. The zero-order valence-electron chi connectivity index (χ0n) is 10.2. The standard InChI is InChI=1S/C12H11N3O2S2/c1-8-5-9(16-14-8)6-18-7-11-13-12(15-17-11)10-3-2-4-19-10/h2-5H,6-7H2,1H3. The Labute approximate surface area is 118 Å². The van der Waals surface area contributed by atoms with Crippen LogP contribution < -0.4 is 0 Å². The van der Waals surface area contributed by atoms with Crippen LogP contribution in [0.5, 0.6) is 0 Å². The lowest BCUT2D eigenvalue weighted by molar-refractivity contribution is 0.388. The second-order valence-electron chi connectivity index (χ2n) is 3.92. The second kappa shape index (κ2) is 5.58. The fourth-order valence-electron chi connectivity index (χ4n) is 1.54. The predicted octanol–water partition coefficient (Wildman–Crippen LogP) is 3.53. The van der Waals surface area contributed by atoms with Crippen LogP contribution >= 0.6 is 23.1 Å². The number of aryl methyl sites for hydroxylation is 1. The molecule has 0 spiro atoms. The molecule has 3 aromatic rings. The van der Waals surface area contributed by atoms with E-state index >= 15 is 0 Å². The fraction of sp³-hybridized carbons (Fsp3) is 0.250. The molecule has 0 aliphatic rings. The summed E-state index contributed by atoms with van der Waals surface area (Å²) in [5.74, 6) is 3.56. The Morgan fingerprint density at radius 1 is 1.26 bits per heavy atom. The first-order chi connectivity index (χ1) is 9.31. The van der Waals surface area contributed by atoms with E-state index in [-0.39, 0.29) is 0 Å². The van der Waals surface area contributed by atoms with Crippen LogP contribution in [0.25, 0.3) is 10.7 Å². The number of hydrogen-bond donors (Lipinski definition) is 0. The number of rotatable bonds is 5. The van der Waals surface area contributed by atoms with Crippen LogP contribution in [0.15, 0.2) is 32.6 Å². The Balaban J connectivity index is 1.56. The van der Waals surface area contributed by atoms with Gasteiger partial charge in [-0.15, -0.1) is 23.1 Å². The van der Waals surface area contributed by atoms with Crippen molar-refractivity contribution in [1.82, 2.24) is 15.3 Å². The van der Waals surface area contributed by atoms with Crippen LogP contribution in [0, 0.1) is 6.92 Å². The van der Waals surface area contributed by atoms with E-state index in [1.165, 1.54) is 0 Å². The van der Waals surface area contributed by atoms with Crippen LogP contribution in [0.2, 0.25) is 0 Å². The van der Waals surface area contributed by atoms with Gasteiger partial charge in [-0.2, -0.15) is 4.98 Å². The maximum Gasteiger partial charge on any atom is 0.236 e. The highest BCUT2D eigenvalue weighted by molar-refractivity contribution is 7.97. The number of aromatic nitrogens is 3. The molecule has 5 nitrogen and oxygen atoms in total. The van der Waals surface area contributed by atoms with E-state index in [4.69, 9.17) is 9.05 Å². The van der Waals surface area contributed by atoms with Crippen molar-refractivity contribution in [2.75, 3.05) is 0 Å². The van der Waals surface area contributed by atoms with Gasteiger partial charge in [0.25, 0.3) is 0 Å². The van der Waals surface area contributed by atoms with Crippen molar-refractivity contribution < 1.29 is 9.05 Å². The van der Waals surface area contributed by atoms with Gasteiger partial charge in [0.15, 0.2) is 0 Å². The van der Waals surface area contributed by atoms with Crippen LogP contribution in [-0.2, 0) is 11.5 Å². The van der Waals surface area contributed by atoms with Crippen LogP contribution in [0.4, 0.5) is 0 Å². The minimum Gasteiger partial charge on any atom is -0.360 e. The Kier molecular flexibility index (Phi) is 3.65. The van der Waals surface area contributed by atoms with Crippen molar-refractivity contribution in [3.05, 3.63) is 40.9 Å². The third-order valence-electron chi connectivity index (χ3n) is 2.36. The number of nitrogens with zero attached hydrogens (tertiary/aromatic N) is 3. The molecule has 3 aromatic heterocycles. The van der Waals surface area contributed by atoms with E-state index in [0.29, 0.717) is 17.5 Å². The lowest BCUT2D eigenvalue weighted by Gasteiger charge is -1.92. The van der Waals surface area contributed by atoms with Crippen molar-refractivity contribution in [2.24, 2.45) is 0 Å². The molecule has 0 atom stereocenters. The Hall–Kier alpha value is -1.60. The minimum absolute atomic E-state index is 0.629. The average molecular weight is 293 g/mol. The maximum absolute atomic E-state index is 5.21. The molecular weight excluding hydrogens is 282 g/mol. The third-order valence-corrected chi connectivity index (χ3v) is 4.16. The summed E-state index contributed by atoms with van der Waals surface area (Å²) in [5, 5.41) is 9.80. The monoisotopic (exact) mass is 293 g/mol. The first-order valence-corrected chi connectivity index (χ1v) is 7.71.